The summed E-state index contributed by atoms with van der Waals surface area (Å²) in [5.74, 6) is -0.832. The van der Waals surface area contributed by atoms with Crippen LogP contribution >= 0.6 is 7.82 Å². The molecule has 2 unspecified atom stereocenters. The molecule has 0 heterocycles. The van der Waals surface area contributed by atoms with Gasteiger partial charge in [0, 0.05) is 12.8 Å². The van der Waals surface area contributed by atoms with E-state index in [9.17, 15) is 19.0 Å². The summed E-state index contributed by atoms with van der Waals surface area (Å²) >= 11 is 0. The van der Waals surface area contributed by atoms with E-state index in [0.29, 0.717) is 17.4 Å². The third-order valence-corrected chi connectivity index (χ3v) is 10.5. The zero-order valence-electron chi connectivity index (χ0n) is 37.8. The summed E-state index contributed by atoms with van der Waals surface area (Å²) in [5.41, 5.74) is 0. The molecule has 0 spiro atoms. The van der Waals surface area contributed by atoms with Crippen LogP contribution in [-0.2, 0) is 32.7 Å². The molecule has 0 amide bonds. The first kappa shape index (κ1) is 55.7. The van der Waals surface area contributed by atoms with Crippen molar-refractivity contribution in [3.8, 4) is 0 Å². The normalized spacial score (nSPS) is 14.1. The van der Waals surface area contributed by atoms with Gasteiger partial charge in [-0.15, -0.1) is 0 Å². The average molecular weight is 837 g/mol. The van der Waals surface area contributed by atoms with Gasteiger partial charge in [-0.25, -0.2) is 4.57 Å². The van der Waals surface area contributed by atoms with Crippen LogP contribution in [0, 0.1) is 0 Å². The second kappa shape index (κ2) is 40.1. The first-order chi connectivity index (χ1) is 28.0. The van der Waals surface area contributed by atoms with E-state index in [0.717, 1.165) is 96.3 Å². The van der Waals surface area contributed by atoms with Gasteiger partial charge in [0.2, 0.25) is 0 Å². The van der Waals surface area contributed by atoms with Crippen molar-refractivity contribution in [2.24, 2.45) is 0 Å². The fourth-order valence-electron chi connectivity index (χ4n) is 5.87. The number of hydrogen-bond acceptors (Lipinski definition) is 7. The molecule has 1 N–H and O–H groups in total. The van der Waals surface area contributed by atoms with Crippen LogP contribution in [0.4, 0.5) is 0 Å². The number of phosphoric ester groups is 1. The first-order valence-electron chi connectivity index (χ1n) is 23.0. The maximum absolute atomic E-state index is 12.7. The van der Waals surface area contributed by atoms with E-state index in [-0.39, 0.29) is 32.0 Å². The molecular weight excluding hydrogens is 750 g/mol. The van der Waals surface area contributed by atoms with Crippen molar-refractivity contribution in [2.45, 2.75) is 187 Å². The smallest absolute Gasteiger partial charge is 0.462 e. The van der Waals surface area contributed by atoms with Crippen molar-refractivity contribution in [2.75, 3.05) is 47.5 Å². The highest BCUT2D eigenvalue weighted by Crippen LogP contribution is 2.43. The number of quaternary nitrogens is 1. The molecule has 2 atom stereocenters. The van der Waals surface area contributed by atoms with Crippen LogP contribution in [0.1, 0.15) is 181 Å². The van der Waals surface area contributed by atoms with Crippen molar-refractivity contribution < 1.29 is 42.1 Å². The molecule has 9 nitrogen and oxygen atoms in total. The molecular formula is C48H87NO8P+. The highest BCUT2D eigenvalue weighted by molar-refractivity contribution is 7.47. The van der Waals surface area contributed by atoms with Crippen LogP contribution in [0.3, 0.4) is 0 Å². The SMILES string of the molecule is CCCCC/C=C\C/C=C\C/C=C\CCCCCCCCC(=O)OC(COC(=O)CCCCCCC/C=C\C/C=C\CCCCC)COP(=O)(O)OCC[N+](C)(C)C. The molecule has 0 aromatic rings. The molecule has 0 rings (SSSR count). The standard InChI is InChI=1S/C48H86NO8P/c1-6-8-10-12-14-16-18-20-22-23-24-25-27-29-31-33-35-37-39-41-48(51)57-46(45-56-58(52,53)55-43-42-49(3,4)5)44-54-47(50)40-38-36-34-32-30-28-26-21-19-17-15-13-11-9-7-2/h14-17,20-22,24-26,46H,6-13,18-19,23,27-45H2,1-5H3/p+1/b16-14-,17-15-,22-20-,25-24-,26-21-. The van der Waals surface area contributed by atoms with E-state index >= 15 is 0 Å². The molecule has 0 aliphatic carbocycles. The monoisotopic (exact) mass is 837 g/mol. The first-order valence-corrected chi connectivity index (χ1v) is 24.5. The van der Waals surface area contributed by atoms with Gasteiger partial charge in [0.05, 0.1) is 27.7 Å². The molecule has 0 aliphatic heterocycles. The Kier molecular flexibility index (Phi) is 38.5. The number of phosphoric acid groups is 1. The van der Waals surface area contributed by atoms with E-state index < -0.39 is 26.5 Å². The Labute approximate surface area is 356 Å². The number of esters is 2. The van der Waals surface area contributed by atoms with E-state index in [1.807, 2.05) is 21.1 Å². The number of likely N-dealkylation sites (N-methyl/N-ethyl adjacent to an activating group) is 1. The minimum Gasteiger partial charge on any atom is -0.462 e. The quantitative estimate of drug-likeness (QED) is 0.0213. The molecule has 0 radical (unpaired) electrons. The van der Waals surface area contributed by atoms with Gasteiger partial charge in [0.25, 0.3) is 0 Å². The summed E-state index contributed by atoms with van der Waals surface area (Å²) < 4.78 is 34.3. The lowest BCUT2D eigenvalue weighted by Crippen LogP contribution is -2.37. The molecule has 0 aromatic carbocycles. The van der Waals surface area contributed by atoms with Crippen molar-refractivity contribution in [3.63, 3.8) is 0 Å². The van der Waals surface area contributed by atoms with E-state index in [1.165, 1.54) is 51.4 Å². The van der Waals surface area contributed by atoms with Gasteiger partial charge in [-0.2, -0.15) is 0 Å². The summed E-state index contributed by atoms with van der Waals surface area (Å²) in [7, 11) is 1.45. The lowest BCUT2D eigenvalue weighted by Gasteiger charge is -2.24. The number of rotatable bonds is 41. The summed E-state index contributed by atoms with van der Waals surface area (Å²) in [4.78, 5) is 35.4. The highest BCUT2D eigenvalue weighted by atomic mass is 31.2. The summed E-state index contributed by atoms with van der Waals surface area (Å²) in [6.45, 7) is 4.33. The Morgan fingerprint density at radius 3 is 1.38 bits per heavy atom. The molecule has 0 aromatic heterocycles. The Balaban J connectivity index is 4.39. The Morgan fingerprint density at radius 1 is 0.534 bits per heavy atom. The largest absolute Gasteiger partial charge is 0.472 e. The molecule has 336 valence electrons. The number of allylic oxidation sites excluding steroid dienone is 10. The topological polar surface area (TPSA) is 108 Å². The zero-order valence-corrected chi connectivity index (χ0v) is 38.7. The zero-order chi connectivity index (χ0) is 42.8. The van der Waals surface area contributed by atoms with Crippen molar-refractivity contribution in [1.29, 1.82) is 0 Å². The fourth-order valence-corrected chi connectivity index (χ4v) is 6.61. The summed E-state index contributed by atoms with van der Waals surface area (Å²) in [6.07, 6.45) is 48.3. The van der Waals surface area contributed by atoms with Crippen LogP contribution in [0.15, 0.2) is 60.8 Å². The lowest BCUT2D eigenvalue weighted by atomic mass is 10.1. The number of unbranched alkanes of at least 4 members (excludes halogenated alkanes) is 17. The Morgan fingerprint density at radius 2 is 0.931 bits per heavy atom. The maximum Gasteiger partial charge on any atom is 0.472 e. The van der Waals surface area contributed by atoms with E-state index in [1.54, 1.807) is 0 Å². The van der Waals surface area contributed by atoms with Crippen molar-refractivity contribution >= 4 is 19.8 Å². The minimum absolute atomic E-state index is 0.0239. The van der Waals surface area contributed by atoms with Crippen molar-refractivity contribution in [1.82, 2.24) is 0 Å². The minimum atomic E-state index is -4.39. The van der Waals surface area contributed by atoms with Gasteiger partial charge in [-0.1, -0.05) is 145 Å². The molecule has 0 fully saturated rings. The third-order valence-electron chi connectivity index (χ3n) is 9.52. The van der Waals surface area contributed by atoms with Gasteiger partial charge in [-0.3, -0.25) is 18.6 Å². The number of ether oxygens (including phenoxy) is 2. The predicted octanol–water partition coefficient (Wildman–Crippen LogP) is 13.2. The number of carbonyl (C=O) groups excluding carboxylic acids is 2. The average Bonchev–Trinajstić information content (AvgIpc) is 3.17. The highest BCUT2D eigenvalue weighted by Gasteiger charge is 2.27. The molecule has 0 aliphatic rings. The predicted molar refractivity (Wildman–Crippen MR) is 243 cm³/mol. The summed E-state index contributed by atoms with van der Waals surface area (Å²) in [6, 6.07) is 0. The molecule has 0 saturated heterocycles. The second-order valence-corrected chi connectivity index (χ2v) is 17.9. The molecule has 0 saturated carbocycles. The van der Waals surface area contributed by atoms with Gasteiger partial charge in [0.15, 0.2) is 6.10 Å². The molecule has 10 heteroatoms. The number of nitrogens with zero attached hydrogens (tertiary/aromatic N) is 1. The Bertz CT molecular complexity index is 1170. The maximum atomic E-state index is 12.7. The van der Waals surface area contributed by atoms with Crippen LogP contribution in [0.2, 0.25) is 0 Å². The second-order valence-electron chi connectivity index (χ2n) is 16.4. The number of carbonyl (C=O) groups is 2. The number of hydrogen-bond donors (Lipinski definition) is 1. The summed E-state index contributed by atoms with van der Waals surface area (Å²) in [5, 5.41) is 0. The van der Waals surface area contributed by atoms with Gasteiger partial charge in [0.1, 0.15) is 19.8 Å². The van der Waals surface area contributed by atoms with Crippen LogP contribution in [0.5, 0.6) is 0 Å². The van der Waals surface area contributed by atoms with Crippen LogP contribution in [-0.4, -0.2) is 74.9 Å². The van der Waals surface area contributed by atoms with Crippen LogP contribution in [0.25, 0.3) is 0 Å². The van der Waals surface area contributed by atoms with E-state index in [4.69, 9.17) is 18.5 Å². The molecule has 58 heavy (non-hydrogen) atoms. The fraction of sp³-hybridized carbons (Fsp3) is 0.750. The van der Waals surface area contributed by atoms with Gasteiger partial charge < -0.3 is 18.9 Å². The third kappa shape index (κ3) is 43.3. The Hall–Kier alpha value is -2.29. The van der Waals surface area contributed by atoms with Crippen molar-refractivity contribution in [3.05, 3.63) is 60.8 Å². The van der Waals surface area contributed by atoms with Gasteiger partial charge >= 0.3 is 19.8 Å². The van der Waals surface area contributed by atoms with Crippen LogP contribution < -0.4 is 0 Å². The van der Waals surface area contributed by atoms with Gasteiger partial charge in [-0.05, 0) is 83.5 Å². The van der Waals surface area contributed by atoms with E-state index in [2.05, 4.69) is 74.6 Å². The lowest BCUT2D eigenvalue weighted by molar-refractivity contribution is -0.870. The molecule has 0 bridgehead atoms.